The average molecular weight is 368 g/mol. The molecule has 6 heteroatoms. The summed E-state index contributed by atoms with van der Waals surface area (Å²) in [5.41, 5.74) is 4.48. The summed E-state index contributed by atoms with van der Waals surface area (Å²) in [6, 6.07) is 10.1. The van der Waals surface area contributed by atoms with Gasteiger partial charge in [-0.3, -0.25) is 0 Å². The fourth-order valence-electron chi connectivity index (χ4n) is 3.23. The smallest absolute Gasteiger partial charge is 0.315 e. The van der Waals surface area contributed by atoms with Gasteiger partial charge < -0.3 is 20.3 Å². The Morgan fingerprint density at radius 2 is 2.00 bits per heavy atom. The molecule has 1 aliphatic heterocycles. The molecule has 2 amide bonds. The van der Waals surface area contributed by atoms with Gasteiger partial charge in [-0.25, -0.2) is 9.78 Å². The van der Waals surface area contributed by atoms with Crippen molar-refractivity contribution in [2.45, 2.75) is 33.4 Å². The zero-order valence-electron chi connectivity index (χ0n) is 16.3. The van der Waals surface area contributed by atoms with Crippen molar-refractivity contribution in [1.29, 1.82) is 0 Å². The number of benzene rings is 1. The van der Waals surface area contributed by atoms with Crippen LogP contribution in [0.15, 0.2) is 36.5 Å². The van der Waals surface area contributed by atoms with Crippen LogP contribution >= 0.6 is 0 Å². The summed E-state index contributed by atoms with van der Waals surface area (Å²) in [5.74, 6) is 0.954. The number of anilines is 1. The van der Waals surface area contributed by atoms with Crippen LogP contribution in [0.4, 0.5) is 10.6 Å². The van der Waals surface area contributed by atoms with E-state index in [1.54, 1.807) is 0 Å². The molecular formula is C21H28N4O2. The average Bonchev–Trinajstić information content (AvgIpc) is 2.69. The van der Waals surface area contributed by atoms with Gasteiger partial charge in [0.05, 0.1) is 19.3 Å². The molecule has 144 valence electrons. The van der Waals surface area contributed by atoms with Crippen LogP contribution in [0.1, 0.15) is 35.2 Å². The molecule has 1 aliphatic rings. The van der Waals surface area contributed by atoms with Gasteiger partial charge in [0.1, 0.15) is 5.82 Å². The first-order chi connectivity index (χ1) is 13.0. The van der Waals surface area contributed by atoms with Gasteiger partial charge >= 0.3 is 6.03 Å². The molecule has 2 heterocycles. The summed E-state index contributed by atoms with van der Waals surface area (Å²) in [5, 5.41) is 5.91. The third-order valence-electron chi connectivity index (χ3n) is 4.85. The number of hydrogen-bond acceptors (Lipinski definition) is 4. The standard InChI is InChI=1S/C21H28N4O2/c1-15-4-5-16(2)19(12-15)17(3)24-21(26)23-14-18-6-7-20(22-13-18)25-8-10-27-11-9-25/h4-7,12-13,17H,8-11,14H2,1-3H3,(H2,23,24,26)/t17-/m0/s1. The first kappa shape index (κ1) is 19.2. The van der Waals surface area contributed by atoms with E-state index in [-0.39, 0.29) is 12.1 Å². The molecule has 0 radical (unpaired) electrons. The highest BCUT2D eigenvalue weighted by Crippen LogP contribution is 2.18. The molecule has 2 N–H and O–H groups in total. The minimum absolute atomic E-state index is 0.0493. The van der Waals surface area contributed by atoms with Crippen LogP contribution in [0.2, 0.25) is 0 Å². The number of nitrogens with zero attached hydrogens (tertiary/aromatic N) is 2. The van der Waals surface area contributed by atoms with Crippen LogP contribution < -0.4 is 15.5 Å². The van der Waals surface area contributed by atoms with E-state index in [0.717, 1.165) is 43.2 Å². The summed E-state index contributed by atoms with van der Waals surface area (Å²) in [6.45, 7) is 9.78. The van der Waals surface area contributed by atoms with E-state index in [9.17, 15) is 4.79 Å². The quantitative estimate of drug-likeness (QED) is 0.851. The fourth-order valence-corrected chi connectivity index (χ4v) is 3.23. The normalized spacial score (nSPS) is 15.3. The zero-order valence-corrected chi connectivity index (χ0v) is 16.3. The van der Waals surface area contributed by atoms with Gasteiger partial charge in [-0.05, 0) is 43.5 Å². The number of carbonyl (C=O) groups excluding carboxylic acids is 1. The number of pyridine rings is 1. The molecule has 2 aromatic rings. The number of carbonyl (C=O) groups is 1. The summed E-state index contributed by atoms with van der Waals surface area (Å²) in [7, 11) is 0. The van der Waals surface area contributed by atoms with Crippen molar-refractivity contribution in [3.63, 3.8) is 0 Å². The van der Waals surface area contributed by atoms with Gasteiger partial charge in [0.15, 0.2) is 0 Å². The third kappa shape index (κ3) is 5.20. The molecule has 0 aliphatic carbocycles. The van der Waals surface area contributed by atoms with Gasteiger partial charge in [-0.2, -0.15) is 0 Å². The molecule has 1 fully saturated rings. The van der Waals surface area contributed by atoms with Gasteiger partial charge in [0, 0.05) is 25.8 Å². The van der Waals surface area contributed by atoms with Crippen LogP contribution in [-0.2, 0) is 11.3 Å². The summed E-state index contributed by atoms with van der Waals surface area (Å²) >= 11 is 0. The Balaban J connectivity index is 1.50. The lowest BCUT2D eigenvalue weighted by atomic mass is 10.0. The molecule has 6 nitrogen and oxygen atoms in total. The Labute approximate surface area is 160 Å². The highest BCUT2D eigenvalue weighted by atomic mass is 16.5. The topological polar surface area (TPSA) is 66.5 Å². The summed E-state index contributed by atoms with van der Waals surface area (Å²) < 4.78 is 5.36. The van der Waals surface area contributed by atoms with Crippen molar-refractivity contribution >= 4 is 11.8 Å². The molecular weight excluding hydrogens is 340 g/mol. The molecule has 3 rings (SSSR count). The SMILES string of the molecule is Cc1ccc(C)c([C@H](C)NC(=O)NCc2ccc(N3CCOCC3)nc2)c1. The van der Waals surface area contributed by atoms with Crippen molar-refractivity contribution in [1.82, 2.24) is 15.6 Å². The van der Waals surface area contributed by atoms with Gasteiger partial charge in [-0.1, -0.05) is 29.8 Å². The van der Waals surface area contributed by atoms with Gasteiger partial charge in [0.2, 0.25) is 0 Å². The number of ether oxygens (including phenoxy) is 1. The maximum Gasteiger partial charge on any atom is 0.315 e. The third-order valence-corrected chi connectivity index (χ3v) is 4.85. The molecule has 27 heavy (non-hydrogen) atoms. The van der Waals surface area contributed by atoms with Gasteiger partial charge in [-0.15, -0.1) is 0 Å². The van der Waals surface area contributed by atoms with Gasteiger partial charge in [0.25, 0.3) is 0 Å². The number of nitrogens with one attached hydrogen (secondary N) is 2. The Bertz CT molecular complexity index is 770. The molecule has 1 saturated heterocycles. The second-order valence-corrected chi connectivity index (χ2v) is 7.03. The predicted octanol–water partition coefficient (Wildman–Crippen LogP) is 3.10. The second kappa shape index (κ2) is 8.86. The predicted molar refractivity (Wildman–Crippen MR) is 107 cm³/mol. The van der Waals surface area contributed by atoms with Crippen molar-refractivity contribution in [3.05, 3.63) is 58.8 Å². The number of urea groups is 1. The van der Waals surface area contributed by atoms with Crippen molar-refractivity contribution in [3.8, 4) is 0 Å². The van der Waals surface area contributed by atoms with Crippen molar-refractivity contribution < 1.29 is 9.53 Å². The molecule has 0 saturated carbocycles. The molecule has 0 unspecified atom stereocenters. The Kier molecular flexibility index (Phi) is 6.29. The lowest BCUT2D eigenvalue weighted by molar-refractivity contribution is 0.122. The van der Waals surface area contributed by atoms with Crippen LogP contribution in [0.25, 0.3) is 0 Å². The van der Waals surface area contributed by atoms with E-state index in [4.69, 9.17) is 4.74 Å². The van der Waals surface area contributed by atoms with Crippen molar-refractivity contribution in [2.75, 3.05) is 31.2 Å². The number of aryl methyl sites for hydroxylation is 2. The number of morpholine rings is 1. The van der Waals surface area contributed by atoms with E-state index >= 15 is 0 Å². The Morgan fingerprint density at radius 1 is 1.22 bits per heavy atom. The number of amides is 2. The number of rotatable bonds is 5. The van der Waals surface area contributed by atoms with Crippen LogP contribution in [0, 0.1) is 13.8 Å². The Morgan fingerprint density at radius 3 is 2.70 bits per heavy atom. The molecule has 0 bridgehead atoms. The van der Waals surface area contributed by atoms with E-state index < -0.39 is 0 Å². The first-order valence-electron chi connectivity index (χ1n) is 9.42. The minimum Gasteiger partial charge on any atom is -0.378 e. The molecule has 1 atom stereocenters. The van der Waals surface area contributed by atoms with Crippen LogP contribution in [-0.4, -0.2) is 37.3 Å². The highest BCUT2D eigenvalue weighted by molar-refractivity contribution is 5.74. The summed E-state index contributed by atoms with van der Waals surface area (Å²) in [4.78, 5) is 19.0. The summed E-state index contributed by atoms with van der Waals surface area (Å²) in [6.07, 6.45) is 1.82. The van der Waals surface area contributed by atoms with E-state index in [1.165, 1.54) is 11.1 Å². The molecule has 1 aromatic carbocycles. The van der Waals surface area contributed by atoms with Crippen LogP contribution in [0.3, 0.4) is 0 Å². The largest absolute Gasteiger partial charge is 0.378 e. The van der Waals surface area contributed by atoms with Crippen LogP contribution in [0.5, 0.6) is 0 Å². The highest BCUT2D eigenvalue weighted by Gasteiger charge is 2.13. The first-order valence-corrected chi connectivity index (χ1v) is 9.42. The second-order valence-electron chi connectivity index (χ2n) is 7.03. The van der Waals surface area contributed by atoms with Crippen molar-refractivity contribution in [2.24, 2.45) is 0 Å². The fraction of sp³-hybridized carbons (Fsp3) is 0.429. The lowest BCUT2D eigenvalue weighted by Crippen LogP contribution is -2.37. The zero-order chi connectivity index (χ0) is 19.2. The Hall–Kier alpha value is -2.60. The number of hydrogen-bond donors (Lipinski definition) is 2. The monoisotopic (exact) mass is 368 g/mol. The number of aromatic nitrogens is 1. The van der Waals surface area contributed by atoms with E-state index in [1.807, 2.05) is 25.3 Å². The minimum atomic E-state index is -0.180. The van der Waals surface area contributed by atoms with E-state index in [2.05, 4.69) is 52.6 Å². The lowest BCUT2D eigenvalue weighted by Gasteiger charge is -2.27. The maximum absolute atomic E-state index is 12.2. The maximum atomic E-state index is 12.2. The molecule has 0 spiro atoms. The van der Waals surface area contributed by atoms with E-state index in [0.29, 0.717) is 6.54 Å². The molecule has 1 aromatic heterocycles.